The van der Waals surface area contributed by atoms with Gasteiger partial charge in [-0.1, -0.05) is 12.8 Å². The van der Waals surface area contributed by atoms with E-state index in [0.717, 1.165) is 50.9 Å². The summed E-state index contributed by atoms with van der Waals surface area (Å²) in [5.74, 6) is -4.41. The van der Waals surface area contributed by atoms with Gasteiger partial charge in [-0.2, -0.15) is 0 Å². The number of alkyl halides is 2. The SMILES string of the molecule is NC(=O)c1ccc(N2CCCCC2)c(NC(=O)CC23CCCCC2C3(F)F)c1. The molecule has 2 saturated carbocycles. The van der Waals surface area contributed by atoms with Crippen LogP contribution in [-0.4, -0.2) is 30.8 Å². The number of fused-ring (bicyclic) bond motifs is 1. The number of carbonyl (C=O) groups is 2. The van der Waals surface area contributed by atoms with Crippen LogP contribution < -0.4 is 16.0 Å². The Labute approximate surface area is 163 Å². The van der Waals surface area contributed by atoms with Crippen molar-refractivity contribution in [2.75, 3.05) is 23.3 Å². The van der Waals surface area contributed by atoms with Crippen molar-refractivity contribution in [1.82, 2.24) is 0 Å². The fraction of sp³-hybridized carbons (Fsp3) is 0.619. The first-order chi connectivity index (χ1) is 13.3. The highest BCUT2D eigenvalue weighted by atomic mass is 19.3. The molecule has 2 aliphatic carbocycles. The number of nitrogens with two attached hydrogens (primary N) is 1. The summed E-state index contributed by atoms with van der Waals surface area (Å²) in [4.78, 5) is 26.5. The van der Waals surface area contributed by atoms with Gasteiger partial charge in [0.15, 0.2) is 0 Å². The fourth-order valence-electron chi connectivity index (χ4n) is 5.19. The second-order valence-electron chi connectivity index (χ2n) is 8.45. The quantitative estimate of drug-likeness (QED) is 0.799. The molecule has 1 aromatic rings. The molecule has 152 valence electrons. The lowest BCUT2D eigenvalue weighted by molar-refractivity contribution is -0.118. The Morgan fingerprint density at radius 3 is 2.57 bits per heavy atom. The van der Waals surface area contributed by atoms with Crippen molar-refractivity contribution in [2.24, 2.45) is 17.1 Å². The Hall–Kier alpha value is -2.18. The molecule has 2 amide bonds. The number of amides is 2. The van der Waals surface area contributed by atoms with Gasteiger partial charge in [0.1, 0.15) is 0 Å². The summed E-state index contributed by atoms with van der Waals surface area (Å²) in [7, 11) is 0. The molecule has 3 fully saturated rings. The van der Waals surface area contributed by atoms with Crippen LogP contribution >= 0.6 is 0 Å². The van der Waals surface area contributed by atoms with Gasteiger partial charge in [-0.05, 0) is 50.3 Å². The molecule has 1 aliphatic heterocycles. The summed E-state index contributed by atoms with van der Waals surface area (Å²) in [5.41, 5.74) is 5.80. The first kappa shape index (κ1) is 19.2. The molecule has 0 aromatic heterocycles. The zero-order valence-electron chi connectivity index (χ0n) is 16.0. The van der Waals surface area contributed by atoms with Crippen LogP contribution in [0.2, 0.25) is 0 Å². The molecule has 3 aliphatic rings. The van der Waals surface area contributed by atoms with Crippen LogP contribution in [-0.2, 0) is 4.79 Å². The minimum atomic E-state index is -2.74. The van der Waals surface area contributed by atoms with Crippen LogP contribution in [0.5, 0.6) is 0 Å². The predicted octanol–water partition coefficient (Wildman–Crippen LogP) is 3.93. The lowest BCUT2D eigenvalue weighted by Crippen LogP contribution is -2.31. The molecule has 2 atom stereocenters. The topological polar surface area (TPSA) is 75.4 Å². The van der Waals surface area contributed by atoms with Gasteiger partial charge in [-0.15, -0.1) is 0 Å². The van der Waals surface area contributed by atoms with Gasteiger partial charge in [0.2, 0.25) is 11.8 Å². The molecule has 0 radical (unpaired) electrons. The Morgan fingerprint density at radius 1 is 1.14 bits per heavy atom. The predicted molar refractivity (Wildman–Crippen MR) is 104 cm³/mol. The van der Waals surface area contributed by atoms with Crippen molar-refractivity contribution in [3.8, 4) is 0 Å². The monoisotopic (exact) mass is 391 g/mol. The van der Waals surface area contributed by atoms with Gasteiger partial charge in [-0.3, -0.25) is 9.59 Å². The van der Waals surface area contributed by atoms with Crippen molar-refractivity contribution < 1.29 is 18.4 Å². The zero-order chi connectivity index (χ0) is 19.9. The Morgan fingerprint density at radius 2 is 1.89 bits per heavy atom. The van der Waals surface area contributed by atoms with Crippen LogP contribution in [0.1, 0.15) is 61.7 Å². The van der Waals surface area contributed by atoms with Crippen molar-refractivity contribution in [2.45, 2.75) is 57.3 Å². The minimum absolute atomic E-state index is 0.176. The maximum Gasteiger partial charge on any atom is 0.258 e. The first-order valence-corrected chi connectivity index (χ1v) is 10.2. The number of halogens is 2. The number of hydrogen-bond donors (Lipinski definition) is 2. The van der Waals surface area contributed by atoms with E-state index in [1.54, 1.807) is 18.2 Å². The molecule has 7 heteroatoms. The molecule has 4 rings (SSSR count). The highest BCUT2D eigenvalue weighted by Crippen LogP contribution is 2.73. The van der Waals surface area contributed by atoms with Crippen molar-refractivity contribution in [3.05, 3.63) is 23.8 Å². The van der Waals surface area contributed by atoms with Gasteiger partial charge in [-0.25, -0.2) is 8.78 Å². The van der Waals surface area contributed by atoms with Crippen molar-refractivity contribution in [1.29, 1.82) is 0 Å². The van der Waals surface area contributed by atoms with Crippen LogP contribution in [0.3, 0.4) is 0 Å². The molecule has 3 N–H and O–H groups in total. The summed E-state index contributed by atoms with van der Waals surface area (Å²) in [6, 6.07) is 4.99. The van der Waals surface area contributed by atoms with Crippen LogP contribution in [0.25, 0.3) is 0 Å². The highest BCUT2D eigenvalue weighted by molar-refractivity contribution is 5.99. The average Bonchev–Trinajstić information content (AvgIpc) is 3.17. The van der Waals surface area contributed by atoms with Gasteiger partial charge < -0.3 is 16.0 Å². The van der Waals surface area contributed by atoms with E-state index in [2.05, 4.69) is 10.2 Å². The molecule has 2 unspecified atom stereocenters. The molecule has 1 aromatic carbocycles. The summed E-state index contributed by atoms with van der Waals surface area (Å²) >= 11 is 0. The largest absolute Gasteiger partial charge is 0.370 e. The van der Waals surface area contributed by atoms with E-state index in [4.69, 9.17) is 5.73 Å². The molecular weight excluding hydrogens is 364 g/mol. The number of nitrogens with zero attached hydrogens (tertiary/aromatic N) is 1. The van der Waals surface area contributed by atoms with Crippen LogP contribution in [0.15, 0.2) is 18.2 Å². The number of primary amides is 1. The third-order valence-corrected chi connectivity index (χ3v) is 6.78. The van der Waals surface area contributed by atoms with E-state index in [0.29, 0.717) is 24.1 Å². The number of nitrogens with one attached hydrogen (secondary N) is 1. The van der Waals surface area contributed by atoms with E-state index in [1.165, 1.54) is 0 Å². The first-order valence-electron chi connectivity index (χ1n) is 10.2. The third kappa shape index (κ3) is 3.14. The van der Waals surface area contributed by atoms with E-state index in [-0.39, 0.29) is 6.42 Å². The van der Waals surface area contributed by atoms with Crippen LogP contribution in [0.4, 0.5) is 20.2 Å². The number of benzene rings is 1. The van der Waals surface area contributed by atoms with Crippen molar-refractivity contribution >= 4 is 23.2 Å². The summed E-state index contributed by atoms with van der Waals surface area (Å²) in [5, 5.41) is 2.82. The molecule has 28 heavy (non-hydrogen) atoms. The number of carbonyl (C=O) groups excluding carboxylic acids is 2. The maximum absolute atomic E-state index is 14.3. The average molecular weight is 391 g/mol. The lowest BCUT2D eigenvalue weighted by atomic mass is 9.85. The normalized spacial score (nSPS) is 28.4. The molecule has 5 nitrogen and oxygen atoms in total. The number of rotatable bonds is 5. The van der Waals surface area contributed by atoms with E-state index >= 15 is 0 Å². The second kappa shape index (κ2) is 7.01. The number of anilines is 2. The second-order valence-corrected chi connectivity index (χ2v) is 8.45. The zero-order valence-corrected chi connectivity index (χ0v) is 16.0. The molecular formula is C21H27F2N3O2. The fourth-order valence-corrected chi connectivity index (χ4v) is 5.19. The van der Waals surface area contributed by atoms with E-state index in [1.807, 2.05) is 0 Å². The minimum Gasteiger partial charge on any atom is -0.370 e. The summed E-state index contributed by atoms with van der Waals surface area (Å²) < 4.78 is 28.7. The molecule has 0 bridgehead atoms. The third-order valence-electron chi connectivity index (χ3n) is 6.78. The summed E-state index contributed by atoms with van der Waals surface area (Å²) in [6.07, 6.45) is 5.55. The number of piperidine rings is 1. The summed E-state index contributed by atoms with van der Waals surface area (Å²) in [6.45, 7) is 1.73. The maximum atomic E-state index is 14.3. The van der Waals surface area contributed by atoms with Gasteiger partial charge in [0, 0.05) is 31.0 Å². The van der Waals surface area contributed by atoms with Gasteiger partial charge in [0.25, 0.3) is 5.92 Å². The van der Waals surface area contributed by atoms with Gasteiger partial charge >= 0.3 is 0 Å². The van der Waals surface area contributed by atoms with Crippen molar-refractivity contribution in [3.63, 3.8) is 0 Å². The van der Waals surface area contributed by atoms with E-state index < -0.39 is 29.1 Å². The highest BCUT2D eigenvalue weighted by Gasteiger charge is 2.80. The lowest BCUT2D eigenvalue weighted by Gasteiger charge is -2.31. The Kier molecular flexibility index (Phi) is 4.79. The Balaban J connectivity index is 1.55. The molecule has 1 saturated heterocycles. The Bertz CT molecular complexity index is 792. The standard InChI is InChI=1S/C21H27F2N3O2/c22-21(23)17-6-2-3-9-20(17,21)13-18(27)25-15-12-14(19(24)28)7-8-16(15)26-10-4-1-5-11-26/h7-8,12,17H,1-6,9-11,13H2,(H2,24,28)(H,25,27). The smallest absolute Gasteiger partial charge is 0.258 e. The number of hydrogen-bond acceptors (Lipinski definition) is 3. The van der Waals surface area contributed by atoms with E-state index in [9.17, 15) is 18.4 Å². The molecule has 0 spiro atoms. The molecule has 1 heterocycles. The van der Waals surface area contributed by atoms with Gasteiger partial charge in [0.05, 0.1) is 16.8 Å². The van der Waals surface area contributed by atoms with Crippen LogP contribution in [0, 0.1) is 11.3 Å².